The summed E-state index contributed by atoms with van der Waals surface area (Å²) in [6.07, 6.45) is 0. The fraction of sp³-hybridized carbons (Fsp3) is 0.235. The molecule has 2 aromatic rings. The number of hydrogen-bond acceptors (Lipinski definition) is 3. The van der Waals surface area contributed by atoms with Gasteiger partial charge in [-0.15, -0.1) is 0 Å². The zero-order valence-corrected chi connectivity index (χ0v) is 12.2. The van der Waals surface area contributed by atoms with Crippen molar-refractivity contribution in [3.05, 3.63) is 65.0 Å². The molecule has 0 heterocycles. The monoisotopic (exact) mass is 283 g/mol. The van der Waals surface area contributed by atoms with Crippen LogP contribution in [0.15, 0.2) is 42.5 Å². The maximum absolute atomic E-state index is 13.3. The lowest BCUT2D eigenvalue weighted by Gasteiger charge is -2.15. The van der Waals surface area contributed by atoms with Gasteiger partial charge in [0.2, 0.25) is 0 Å². The zero-order chi connectivity index (χ0) is 15.2. The molecule has 0 saturated heterocycles. The highest BCUT2D eigenvalue weighted by molar-refractivity contribution is 5.51. The summed E-state index contributed by atoms with van der Waals surface area (Å²) in [7, 11) is 4.05. The van der Waals surface area contributed by atoms with E-state index in [1.54, 1.807) is 12.1 Å². The molecule has 0 radical (unpaired) electrons. The lowest BCUT2D eigenvalue weighted by molar-refractivity contribution is 0.403. The number of benzene rings is 2. The Kier molecular flexibility index (Phi) is 4.91. The van der Waals surface area contributed by atoms with Gasteiger partial charge >= 0.3 is 0 Å². The minimum absolute atomic E-state index is 0.0795. The molecule has 0 spiro atoms. The molecule has 108 valence electrons. The molecule has 0 aromatic heterocycles. The van der Waals surface area contributed by atoms with Gasteiger partial charge in [-0.1, -0.05) is 24.3 Å². The highest BCUT2D eigenvalue weighted by Crippen LogP contribution is 2.18. The number of halogens is 1. The van der Waals surface area contributed by atoms with Crippen molar-refractivity contribution in [1.29, 1.82) is 5.26 Å². The normalized spacial score (nSPS) is 10.4. The fourth-order valence-electron chi connectivity index (χ4n) is 2.14. The number of nitrogens with zero attached hydrogens (tertiary/aromatic N) is 2. The van der Waals surface area contributed by atoms with Crippen LogP contribution in [0.4, 0.5) is 10.1 Å². The van der Waals surface area contributed by atoms with E-state index < -0.39 is 5.82 Å². The lowest BCUT2D eigenvalue weighted by atomic mass is 10.1. The Hall–Kier alpha value is -2.38. The topological polar surface area (TPSA) is 39.1 Å². The molecule has 2 aromatic carbocycles. The summed E-state index contributed by atoms with van der Waals surface area (Å²) in [6.45, 7) is 1.40. The van der Waals surface area contributed by atoms with Crippen LogP contribution in [0.1, 0.15) is 16.7 Å². The zero-order valence-electron chi connectivity index (χ0n) is 12.2. The predicted octanol–water partition coefficient (Wildman–Crippen LogP) is 3.37. The Labute approximate surface area is 124 Å². The third-order valence-corrected chi connectivity index (χ3v) is 3.14. The van der Waals surface area contributed by atoms with Crippen molar-refractivity contribution in [2.45, 2.75) is 13.1 Å². The SMILES string of the molecule is CN(C)Cc1ccccc1NCc1ccc(F)c(C#N)c1. The second-order valence-electron chi connectivity index (χ2n) is 5.17. The molecule has 3 nitrogen and oxygen atoms in total. The Bertz CT molecular complexity index is 659. The Morgan fingerprint density at radius 1 is 1.19 bits per heavy atom. The van der Waals surface area contributed by atoms with E-state index in [2.05, 4.69) is 16.3 Å². The number of nitrogens with one attached hydrogen (secondary N) is 1. The van der Waals surface area contributed by atoms with Crippen molar-refractivity contribution >= 4 is 5.69 Å². The van der Waals surface area contributed by atoms with Gasteiger partial charge in [-0.05, 0) is 43.4 Å². The van der Waals surface area contributed by atoms with Crippen molar-refractivity contribution in [2.24, 2.45) is 0 Å². The van der Waals surface area contributed by atoms with Crippen LogP contribution < -0.4 is 5.32 Å². The van der Waals surface area contributed by atoms with E-state index in [1.165, 1.54) is 11.6 Å². The summed E-state index contributed by atoms with van der Waals surface area (Å²) in [5.41, 5.74) is 3.21. The summed E-state index contributed by atoms with van der Waals surface area (Å²) in [5, 5.41) is 12.2. The summed E-state index contributed by atoms with van der Waals surface area (Å²) in [5.74, 6) is -0.478. The van der Waals surface area contributed by atoms with Gasteiger partial charge < -0.3 is 10.2 Å². The molecule has 0 amide bonds. The molecule has 21 heavy (non-hydrogen) atoms. The molecule has 0 atom stereocenters. The van der Waals surface area contributed by atoms with Gasteiger partial charge in [0.25, 0.3) is 0 Å². The molecule has 0 aliphatic rings. The number of hydrogen-bond donors (Lipinski definition) is 1. The van der Waals surface area contributed by atoms with Gasteiger partial charge in [0, 0.05) is 18.8 Å². The average molecular weight is 283 g/mol. The van der Waals surface area contributed by atoms with Crippen molar-refractivity contribution < 1.29 is 4.39 Å². The maximum atomic E-state index is 13.3. The van der Waals surface area contributed by atoms with Crippen LogP contribution in [0, 0.1) is 17.1 Å². The fourth-order valence-corrected chi connectivity index (χ4v) is 2.14. The first-order valence-corrected chi connectivity index (χ1v) is 6.75. The molecular weight excluding hydrogens is 265 g/mol. The van der Waals surface area contributed by atoms with Crippen LogP contribution in [-0.4, -0.2) is 19.0 Å². The van der Waals surface area contributed by atoms with Crippen molar-refractivity contribution in [2.75, 3.05) is 19.4 Å². The molecule has 0 fully saturated rings. The highest BCUT2D eigenvalue weighted by atomic mass is 19.1. The third kappa shape index (κ3) is 4.04. The van der Waals surface area contributed by atoms with E-state index in [9.17, 15) is 4.39 Å². The summed E-state index contributed by atoms with van der Waals surface area (Å²) in [4.78, 5) is 2.10. The van der Waals surface area contributed by atoms with Gasteiger partial charge in [0.05, 0.1) is 5.56 Å². The molecule has 1 N–H and O–H groups in total. The highest BCUT2D eigenvalue weighted by Gasteiger charge is 2.05. The quantitative estimate of drug-likeness (QED) is 0.914. The molecule has 0 bridgehead atoms. The van der Waals surface area contributed by atoms with E-state index in [-0.39, 0.29) is 5.56 Å². The van der Waals surface area contributed by atoms with E-state index >= 15 is 0 Å². The summed E-state index contributed by atoms with van der Waals surface area (Å²) < 4.78 is 13.3. The van der Waals surface area contributed by atoms with Crippen LogP contribution in [0.5, 0.6) is 0 Å². The van der Waals surface area contributed by atoms with Crippen molar-refractivity contribution in [3.63, 3.8) is 0 Å². The Morgan fingerprint density at radius 3 is 2.67 bits per heavy atom. The molecular formula is C17H18FN3. The van der Waals surface area contributed by atoms with Crippen molar-refractivity contribution in [3.8, 4) is 6.07 Å². The number of para-hydroxylation sites is 1. The lowest BCUT2D eigenvalue weighted by Crippen LogP contribution is -2.12. The van der Waals surface area contributed by atoms with E-state index in [0.717, 1.165) is 17.8 Å². The van der Waals surface area contributed by atoms with Crippen LogP contribution >= 0.6 is 0 Å². The molecule has 0 aliphatic heterocycles. The standard InChI is InChI=1S/C17H18FN3/c1-21(2)12-14-5-3-4-6-17(14)20-11-13-7-8-16(18)15(9-13)10-19/h3-9,20H,11-12H2,1-2H3. The number of anilines is 1. The van der Waals surface area contributed by atoms with E-state index in [4.69, 9.17) is 5.26 Å². The van der Waals surface area contributed by atoms with E-state index in [1.807, 2.05) is 38.4 Å². The smallest absolute Gasteiger partial charge is 0.140 e. The largest absolute Gasteiger partial charge is 0.381 e. The van der Waals surface area contributed by atoms with Gasteiger partial charge in [-0.3, -0.25) is 0 Å². The average Bonchev–Trinajstić information content (AvgIpc) is 2.47. The maximum Gasteiger partial charge on any atom is 0.140 e. The third-order valence-electron chi connectivity index (χ3n) is 3.14. The summed E-state index contributed by atoms with van der Waals surface area (Å²) >= 11 is 0. The van der Waals surface area contributed by atoms with Gasteiger partial charge in [-0.25, -0.2) is 4.39 Å². The molecule has 2 rings (SSSR count). The molecule has 0 saturated carbocycles. The number of rotatable bonds is 5. The second kappa shape index (κ2) is 6.87. The first kappa shape index (κ1) is 15.0. The van der Waals surface area contributed by atoms with E-state index in [0.29, 0.717) is 6.54 Å². The second-order valence-corrected chi connectivity index (χ2v) is 5.17. The predicted molar refractivity (Wildman–Crippen MR) is 82.3 cm³/mol. The molecule has 0 unspecified atom stereocenters. The number of nitriles is 1. The van der Waals surface area contributed by atoms with Gasteiger partial charge in [0.1, 0.15) is 11.9 Å². The minimum atomic E-state index is -0.478. The summed E-state index contributed by atoms with van der Waals surface area (Å²) in [6, 6.07) is 14.6. The first-order chi connectivity index (χ1) is 10.1. The van der Waals surface area contributed by atoms with Crippen LogP contribution in [0.2, 0.25) is 0 Å². The van der Waals surface area contributed by atoms with Crippen LogP contribution in [-0.2, 0) is 13.1 Å². The molecule has 0 aliphatic carbocycles. The van der Waals surface area contributed by atoms with Crippen LogP contribution in [0.25, 0.3) is 0 Å². The molecule has 4 heteroatoms. The van der Waals surface area contributed by atoms with Gasteiger partial charge in [-0.2, -0.15) is 5.26 Å². The Morgan fingerprint density at radius 2 is 1.95 bits per heavy atom. The minimum Gasteiger partial charge on any atom is -0.381 e. The first-order valence-electron chi connectivity index (χ1n) is 6.75. The van der Waals surface area contributed by atoms with Gasteiger partial charge in [0.15, 0.2) is 0 Å². The Balaban J connectivity index is 2.12. The van der Waals surface area contributed by atoms with Crippen molar-refractivity contribution in [1.82, 2.24) is 4.90 Å². The van der Waals surface area contributed by atoms with Crippen LogP contribution in [0.3, 0.4) is 0 Å².